The molecular weight excluding hydrogens is 615 g/mol. The van der Waals surface area contributed by atoms with Crippen molar-refractivity contribution < 1.29 is 49.9 Å². The Hall–Kier alpha value is -4.08. The topological polar surface area (TPSA) is 94.2 Å². The number of anilines is 2. The number of amides is 2. The summed E-state index contributed by atoms with van der Waals surface area (Å²) in [5, 5.41) is 4.47. The first-order valence-electron chi connectivity index (χ1n) is 14.0. The van der Waals surface area contributed by atoms with E-state index in [0.29, 0.717) is 12.7 Å². The molecule has 2 N–H and O–H groups in total. The smallest absolute Gasteiger partial charge is 0.417 e. The zero-order valence-electron chi connectivity index (χ0n) is 24.6. The van der Waals surface area contributed by atoms with Gasteiger partial charge in [0.05, 0.1) is 22.4 Å². The highest BCUT2D eigenvalue weighted by Crippen LogP contribution is 2.41. The zero-order valence-corrected chi connectivity index (χ0v) is 24.6. The van der Waals surface area contributed by atoms with Crippen molar-refractivity contribution in [2.24, 2.45) is 0 Å². The van der Waals surface area contributed by atoms with Crippen molar-refractivity contribution in [2.45, 2.75) is 44.0 Å². The zero-order chi connectivity index (χ0) is 33.3. The summed E-state index contributed by atoms with van der Waals surface area (Å²) in [6, 6.07) is 0.866. The average Bonchev–Trinajstić information content (AvgIpc) is 3.42. The molecule has 2 fully saturated rings. The molecule has 1 aliphatic carbocycles. The minimum absolute atomic E-state index is 0.0301. The van der Waals surface area contributed by atoms with Crippen molar-refractivity contribution in [2.75, 3.05) is 57.0 Å². The molecule has 1 atom stereocenters. The number of alkyl halides is 5. The first kappa shape index (κ1) is 33.8. The van der Waals surface area contributed by atoms with Gasteiger partial charge in [-0.1, -0.05) is 6.08 Å². The van der Waals surface area contributed by atoms with Crippen molar-refractivity contribution in [3.8, 4) is 0 Å². The number of carbonyl (C=O) groups excluding carboxylic acids is 3. The molecule has 0 aromatic heterocycles. The van der Waals surface area contributed by atoms with Crippen molar-refractivity contribution in [3.05, 3.63) is 52.8 Å². The summed E-state index contributed by atoms with van der Waals surface area (Å²) in [5.41, 5.74) is -4.03. The molecule has 1 unspecified atom stereocenters. The number of ether oxygens (including phenoxy) is 1. The van der Waals surface area contributed by atoms with Crippen LogP contribution >= 0.6 is 0 Å². The second-order valence-corrected chi connectivity index (χ2v) is 11.1. The van der Waals surface area contributed by atoms with E-state index in [-0.39, 0.29) is 55.8 Å². The molecule has 3 aliphatic rings. The van der Waals surface area contributed by atoms with Gasteiger partial charge in [-0.2, -0.15) is 13.2 Å². The van der Waals surface area contributed by atoms with Crippen LogP contribution in [-0.2, 0) is 14.3 Å². The molecule has 0 radical (unpaired) electrons. The predicted octanol–water partition coefficient (Wildman–Crippen LogP) is 4.47. The molecule has 246 valence electrons. The van der Waals surface area contributed by atoms with Gasteiger partial charge in [-0.25, -0.2) is 22.4 Å². The highest BCUT2D eigenvalue weighted by Gasteiger charge is 2.48. The number of benzene rings is 1. The Bertz CT molecular complexity index is 1430. The number of rotatable bonds is 8. The summed E-state index contributed by atoms with van der Waals surface area (Å²) >= 11 is 0. The van der Waals surface area contributed by atoms with E-state index in [1.807, 2.05) is 18.9 Å². The molecule has 1 saturated carbocycles. The average molecular weight is 648 g/mol. The summed E-state index contributed by atoms with van der Waals surface area (Å²) in [7, 11) is 3.07. The Morgan fingerprint density at radius 1 is 1.16 bits per heavy atom. The minimum Gasteiger partial charge on any atom is -0.446 e. The second kappa shape index (κ2) is 13.1. The van der Waals surface area contributed by atoms with Crippen LogP contribution in [0.4, 0.5) is 46.9 Å². The molecule has 1 aromatic carbocycles. The quantitative estimate of drug-likeness (QED) is 0.186. The summed E-state index contributed by atoms with van der Waals surface area (Å²) < 4.78 is 105. The Labute approximate surface area is 254 Å². The van der Waals surface area contributed by atoms with E-state index in [4.69, 9.17) is 4.74 Å². The molecule has 16 heteroatoms. The van der Waals surface area contributed by atoms with Crippen molar-refractivity contribution in [1.29, 1.82) is 0 Å². The van der Waals surface area contributed by atoms with Gasteiger partial charge in [-0.05, 0) is 25.6 Å². The lowest BCUT2D eigenvalue weighted by molar-refractivity contribution is -0.147. The van der Waals surface area contributed by atoms with Crippen molar-refractivity contribution in [1.82, 2.24) is 15.1 Å². The lowest BCUT2D eigenvalue weighted by Crippen LogP contribution is -2.50. The first-order valence-corrected chi connectivity index (χ1v) is 14.0. The molecule has 0 bridgehead atoms. The fourth-order valence-electron chi connectivity index (χ4n) is 5.31. The molecule has 45 heavy (non-hydrogen) atoms. The van der Waals surface area contributed by atoms with Crippen LogP contribution in [0.5, 0.6) is 0 Å². The largest absolute Gasteiger partial charge is 0.446 e. The Kier molecular flexibility index (Phi) is 9.85. The summed E-state index contributed by atoms with van der Waals surface area (Å²) in [6.07, 6.45) is -6.32. The van der Waals surface area contributed by atoms with Gasteiger partial charge in [0.25, 0.3) is 11.8 Å². The van der Waals surface area contributed by atoms with E-state index in [2.05, 4.69) is 10.6 Å². The molecule has 2 heterocycles. The standard InChI is InChI=1S/C29H32F7N5O4/c1-16-14-40(8-7-39(16)3)22-10-21(30)23(17-4-6-41(15-17)27(44)45-18-11-28(32,33)12-18)24(31)25(22)38-26(43)19(13-37-2)20(5-9-42)29(34,35)36/h4-5,9-10,13,16,18,37H,6-8,11-12,14-15H2,1-3H3,(H,38,43)/b19-13+,20-5+. The van der Waals surface area contributed by atoms with Crippen LogP contribution in [0.25, 0.3) is 5.57 Å². The monoisotopic (exact) mass is 647 g/mol. The fraction of sp³-hybridized carbons (Fsp3) is 0.483. The highest BCUT2D eigenvalue weighted by molar-refractivity contribution is 6.09. The van der Waals surface area contributed by atoms with Crippen LogP contribution < -0.4 is 15.5 Å². The van der Waals surface area contributed by atoms with Crippen LogP contribution in [-0.4, -0.2) is 99.2 Å². The summed E-state index contributed by atoms with van der Waals surface area (Å²) in [4.78, 5) is 41.4. The van der Waals surface area contributed by atoms with E-state index in [9.17, 15) is 36.3 Å². The van der Waals surface area contributed by atoms with Gasteiger partial charge in [-0.15, -0.1) is 0 Å². The molecule has 1 aromatic rings. The Morgan fingerprint density at radius 3 is 2.42 bits per heavy atom. The third-order valence-electron chi connectivity index (χ3n) is 7.92. The van der Waals surface area contributed by atoms with Gasteiger partial charge in [0.15, 0.2) is 5.82 Å². The van der Waals surface area contributed by atoms with Gasteiger partial charge in [0.1, 0.15) is 23.9 Å². The summed E-state index contributed by atoms with van der Waals surface area (Å²) in [5.74, 6) is -6.73. The SMILES string of the molecule is CN/C=C(C(=O)Nc1c(N2CCN(C)C(C)C2)cc(F)c(C2=CCN(C(=O)OC3CC(F)(F)C3)C2)c1F)\C(=C/C=O)C(F)(F)F. The van der Waals surface area contributed by atoms with E-state index in [1.165, 1.54) is 13.1 Å². The molecule has 0 spiro atoms. The van der Waals surface area contributed by atoms with Gasteiger partial charge in [0, 0.05) is 70.9 Å². The van der Waals surface area contributed by atoms with E-state index >= 15 is 8.78 Å². The van der Waals surface area contributed by atoms with Crippen LogP contribution in [0.2, 0.25) is 0 Å². The van der Waals surface area contributed by atoms with Crippen molar-refractivity contribution >= 4 is 35.2 Å². The number of hydrogen-bond acceptors (Lipinski definition) is 7. The Morgan fingerprint density at radius 2 is 1.84 bits per heavy atom. The number of piperazine rings is 1. The van der Waals surface area contributed by atoms with Crippen LogP contribution in [0.1, 0.15) is 25.3 Å². The Balaban J connectivity index is 1.70. The third-order valence-corrected chi connectivity index (χ3v) is 7.92. The maximum Gasteiger partial charge on any atom is 0.417 e. The normalized spacial score (nSPS) is 21.3. The van der Waals surface area contributed by atoms with Gasteiger partial charge >= 0.3 is 12.3 Å². The second-order valence-electron chi connectivity index (χ2n) is 11.1. The van der Waals surface area contributed by atoms with Gasteiger partial charge in [0.2, 0.25) is 0 Å². The van der Waals surface area contributed by atoms with E-state index in [0.717, 1.165) is 11.0 Å². The third kappa shape index (κ3) is 7.43. The molecular formula is C29H32F7N5O4. The number of allylic oxidation sites excluding steroid dienone is 1. The van der Waals surface area contributed by atoms with Crippen LogP contribution in [0, 0.1) is 11.6 Å². The molecule has 9 nitrogen and oxygen atoms in total. The first-order chi connectivity index (χ1) is 21.1. The van der Waals surface area contributed by atoms with Crippen LogP contribution in [0.3, 0.4) is 0 Å². The number of carbonyl (C=O) groups is 3. The number of hydrogen-bond donors (Lipinski definition) is 2. The summed E-state index contributed by atoms with van der Waals surface area (Å²) in [6.45, 7) is 2.34. The number of aldehydes is 1. The van der Waals surface area contributed by atoms with Crippen molar-refractivity contribution in [3.63, 3.8) is 0 Å². The van der Waals surface area contributed by atoms with Gasteiger partial charge < -0.3 is 30.1 Å². The maximum absolute atomic E-state index is 16.4. The number of nitrogens with one attached hydrogen (secondary N) is 2. The lowest BCUT2D eigenvalue weighted by Gasteiger charge is -2.40. The molecule has 1 saturated heterocycles. The number of likely N-dealkylation sites (N-methyl/N-ethyl adjacent to an activating group) is 1. The molecule has 2 aliphatic heterocycles. The number of nitrogens with zero attached hydrogens (tertiary/aromatic N) is 3. The fourth-order valence-corrected chi connectivity index (χ4v) is 5.31. The van der Waals surface area contributed by atoms with E-state index in [1.54, 1.807) is 4.90 Å². The van der Waals surface area contributed by atoms with E-state index < -0.39 is 77.1 Å². The number of halogens is 7. The van der Waals surface area contributed by atoms with Crippen LogP contribution in [0.15, 0.2) is 35.6 Å². The lowest BCUT2D eigenvalue weighted by atomic mass is 9.91. The molecule has 4 rings (SSSR count). The highest BCUT2D eigenvalue weighted by atomic mass is 19.4. The molecule has 2 amide bonds. The minimum atomic E-state index is -5.13. The van der Waals surface area contributed by atoms with Gasteiger partial charge in [-0.3, -0.25) is 9.59 Å². The maximum atomic E-state index is 16.4. The predicted molar refractivity (Wildman–Crippen MR) is 151 cm³/mol.